The van der Waals surface area contributed by atoms with Crippen molar-refractivity contribution in [2.45, 2.75) is 45.5 Å². The number of pyridine rings is 1. The van der Waals surface area contributed by atoms with Gasteiger partial charge in [-0.2, -0.15) is 13.2 Å². The third-order valence-corrected chi connectivity index (χ3v) is 5.66. The molecule has 2 heterocycles. The average molecular weight is 502 g/mol. The molecule has 0 saturated heterocycles. The van der Waals surface area contributed by atoms with E-state index in [1.807, 2.05) is 6.92 Å². The maximum Gasteiger partial charge on any atom is 0.408 e. The minimum Gasteiger partial charge on any atom is -0.502 e. The first-order valence-electron chi connectivity index (χ1n) is 10.7. The maximum atomic E-state index is 13.8. The number of nitrogens with one attached hydrogen (secondary N) is 1. The molecule has 1 aromatic heterocycles. The summed E-state index contributed by atoms with van der Waals surface area (Å²) in [7, 11) is 0. The Balaban J connectivity index is 1.99. The number of nitrogens with zero attached hydrogens (tertiary/aromatic N) is 3. The second-order valence-electron chi connectivity index (χ2n) is 8.05. The normalized spacial score (nSPS) is 14.7. The number of alkyl halides is 3. The van der Waals surface area contributed by atoms with Gasteiger partial charge in [0.1, 0.15) is 29.9 Å². The van der Waals surface area contributed by atoms with Crippen molar-refractivity contribution in [2.24, 2.45) is 0 Å². The molecule has 190 valence electrons. The molecule has 0 fully saturated rings. The predicted molar refractivity (Wildman–Crippen MR) is 114 cm³/mol. The van der Waals surface area contributed by atoms with Crippen molar-refractivity contribution in [1.29, 1.82) is 0 Å². The monoisotopic (exact) mass is 502 g/mol. The molecule has 0 unspecified atom stereocenters. The van der Waals surface area contributed by atoms with Gasteiger partial charge in [-0.3, -0.25) is 24.1 Å². The van der Waals surface area contributed by atoms with Gasteiger partial charge in [0.05, 0.1) is 0 Å². The second kappa shape index (κ2) is 9.92. The number of hydrogen-bond acceptors (Lipinski definition) is 5. The van der Waals surface area contributed by atoms with Crippen LogP contribution in [-0.2, 0) is 6.54 Å². The predicted octanol–water partition coefficient (Wildman–Crippen LogP) is 2.86. The number of aromatic nitrogens is 1. The molecule has 0 spiro atoms. The zero-order chi connectivity index (χ0) is 26.1. The fraction of sp³-hybridized carbons (Fsp3) is 0.409. The highest BCUT2D eigenvalue weighted by atomic mass is 19.4. The van der Waals surface area contributed by atoms with Crippen LogP contribution in [0.15, 0.2) is 29.2 Å². The fourth-order valence-electron chi connectivity index (χ4n) is 3.55. The Hall–Kier alpha value is -3.64. The molecule has 13 heteroatoms. The molecule has 0 bridgehead atoms. The Labute approximate surface area is 196 Å². The number of halogens is 5. The van der Waals surface area contributed by atoms with Gasteiger partial charge < -0.3 is 15.3 Å². The van der Waals surface area contributed by atoms with Crippen LogP contribution in [-0.4, -0.2) is 51.9 Å². The van der Waals surface area contributed by atoms with E-state index < -0.39 is 71.3 Å². The third-order valence-electron chi connectivity index (χ3n) is 5.66. The van der Waals surface area contributed by atoms with E-state index in [0.29, 0.717) is 23.8 Å². The highest BCUT2D eigenvalue weighted by molar-refractivity contribution is 5.99. The molecule has 35 heavy (non-hydrogen) atoms. The number of carbonyl (C=O) groups is 2. The molecule has 0 aliphatic carbocycles. The number of hydrogen-bond donors (Lipinski definition) is 2. The third kappa shape index (κ3) is 5.23. The van der Waals surface area contributed by atoms with E-state index in [4.69, 9.17) is 0 Å². The zero-order valence-electron chi connectivity index (χ0n) is 18.8. The lowest BCUT2D eigenvalue weighted by Gasteiger charge is -2.42. The van der Waals surface area contributed by atoms with Crippen molar-refractivity contribution in [2.75, 3.05) is 18.2 Å². The van der Waals surface area contributed by atoms with E-state index in [9.17, 15) is 41.4 Å². The van der Waals surface area contributed by atoms with Crippen molar-refractivity contribution >= 4 is 11.8 Å². The standard InChI is InChI=1S/C22H23F5N4O4/c1-3-4-7-29-11-30(12(2)22(25,26)27)21(35)17-19(33)18(32)15(10-31(17)29)20(34)28-9-13-5-6-14(23)8-16(13)24/h5-6,8,10,12,33H,3-4,7,9,11H2,1-2H3,(H,28,34)/t12-/m1/s1. The summed E-state index contributed by atoms with van der Waals surface area (Å²) in [6.07, 6.45) is -2.64. The summed E-state index contributed by atoms with van der Waals surface area (Å²) in [6.45, 7) is 1.86. The molecule has 2 amide bonds. The Morgan fingerprint density at radius 1 is 1.23 bits per heavy atom. The molecule has 0 saturated carbocycles. The zero-order valence-corrected chi connectivity index (χ0v) is 18.8. The van der Waals surface area contributed by atoms with Gasteiger partial charge in [-0.1, -0.05) is 19.4 Å². The first kappa shape index (κ1) is 26.0. The second-order valence-corrected chi connectivity index (χ2v) is 8.05. The van der Waals surface area contributed by atoms with Crippen LogP contribution in [0.1, 0.15) is 53.1 Å². The summed E-state index contributed by atoms with van der Waals surface area (Å²) >= 11 is 0. The lowest BCUT2D eigenvalue weighted by Crippen LogP contribution is -2.59. The number of benzene rings is 1. The molecule has 1 aromatic carbocycles. The Morgan fingerprint density at radius 3 is 2.51 bits per heavy atom. The van der Waals surface area contributed by atoms with E-state index in [2.05, 4.69) is 5.32 Å². The van der Waals surface area contributed by atoms with Gasteiger partial charge in [0.15, 0.2) is 11.4 Å². The fourth-order valence-corrected chi connectivity index (χ4v) is 3.55. The van der Waals surface area contributed by atoms with Crippen molar-refractivity contribution < 1.29 is 36.6 Å². The molecule has 1 aliphatic rings. The number of rotatable bonds is 7. The minimum absolute atomic E-state index is 0.0708. The largest absolute Gasteiger partial charge is 0.502 e. The molecule has 1 atom stereocenters. The van der Waals surface area contributed by atoms with Crippen LogP contribution in [0.3, 0.4) is 0 Å². The first-order chi connectivity index (χ1) is 16.4. The topological polar surface area (TPSA) is 94.9 Å². The number of unbranched alkanes of at least 4 members (excludes halogenated alkanes) is 1. The van der Waals surface area contributed by atoms with Gasteiger partial charge in [-0.05, 0) is 19.4 Å². The number of aromatic hydroxyl groups is 1. The van der Waals surface area contributed by atoms with Gasteiger partial charge >= 0.3 is 6.18 Å². The van der Waals surface area contributed by atoms with E-state index in [-0.39, 0.29) is 12.1 Å². The molecule has 2 N–H and O–H groups in total. The van der Waals surface area contributed by atoms with Crippen LogP contribution in [0, 0.1) is 11.6 Å². The lowest BCUT2D eigenvalue weighted by atomic mass is 10.1. The van der Waals surface area contributed by atoms with Crippen molar-refractivity contribution in [3.05, 3.63) is 63.1 Å². The van der Waals surface area contributed by atoms with Crippen LogP contribution in [0.25, 0.3) is 0 Å². The summed E-state index contributed by atoms with van der Waals surface area (Å²) in [5.41, 5.74) is -2.66. The highest BCUT2D eigenvalue weighted by Crippen LogP contribution is 2.29. The van der Waals surface area contributed by atoms with Gasteiger partial charge in [0.2, 0.25) is 5.43 Å². The number of carbonyl (C=O) groups excluding carboxylic acids is 2. The quantitative estimate of drug-likeness (QED) is 0.568. The molecule has 3 rings (SSSR count). The first-order valence-corrected chi connectivity index (χ1v) is 10.7. The number of amides is 2. The van der Waals surface area contributed by atoms with E-state index >= 15 is 0 Å². The van der Waals surface area contributed by atoms with Crippen LogP contribution >= 0.6 is 0 Å². The summed E-state index contributed by atoms with van der Waals surface area (Å²) < 4.78 is 67.9. The van der Waals surface area contributed by atoms with E-state index in [1.165, 1.54) is 5.01 Å². The Bertz CT molecular complexity index is 1200. The van der Waals surface area contributed by atoms with Crippen LogP contribution in [0.2, 0.25) is 0 Å². The van der Waals surface area contributed by atoms with Crippen LogP contribution in [0.5, 0.6) is 5.75 Å². The maximum absolute atomic E-state index is 13.8. The molecular weight excluding hydrogens is 479 g/mol. The summed E-state index contributed by atoms with van der Waals surface area (Å²) in [5, 5.41) is 14.1. The van der Waals surface area contributed by atoms with Gasteiger partial charge in [0, 0.05) is 30.9 Å². The number of fused-ring (bicyclic) bond motifs is 1. The van der Waals surface area contributed by atoms with Gasteiger partial charge in [0.25, 0.3) is 11.8 Å². The van der Waals surface area contributed by atoms with Gasteiger partial charge in [-0.15, -0.1) is 0 Å². The van der Waals surface area contributed by atoms with Crippen molar-refractivity contribution in [3.63, 3.8) is 0 Å². The molecule has 2 aromatic rings. The van der Waals surface area contributed by atoms with Crippen molar-refractivity contribution in [3.8, 4) is 5.75 Å². The Morgan fingerprint density at radius 2 is 1.91 bits per heavy atom. The van der Waals surface area contributed by atoms with Crippen molar-refractivity contribution in [1.82, 2.24) is 14.9 Å². The summed E-state index contributed by atoms with van der Waals surface area (Å²) in [6, 6.07) is 0.501. The lowest BCUT2D eigenvalue weighted by molar-refractivity contribution is -0.173. The smallest absolute Gasteiger partial charge is 0.408 e. The minimum atomic E-state index is -4.75. The van der Waals surface area contributed by atoms with Gasteiger partial charge in [-0.25, -0.2) is 8.78 Å². The molecule has 8 nitrogen and oxygen atoms in total. The highest BCUT2D eigenvalue weighted by Gasteiger charge is 2.46. The SMILES string of the molecule is CCCCN1CN([C@H](C)C(F)(F)F)C(=O)c2c(O)c(=O)c(C(=O)NCc3ccc(F)cc3F)cn21. The summed E-state index contributed by atoms with van der Waals surface area (Å²) in [5.74, 6) is -5.18. The van der Waals surface area contributed by atoms with E-state index in [0.717, 1.165) is 29.9 Å². The van der Waals surface area contributed by atoms with Crippen LogP contribution < -0.4 is 15.8 Å². The van der Waals surface area contributed by atoms with Crippen LogP contribution in [0.4, 0.5) is 22.0 Å². The molecular formula is C22H23F5N4O4. The van der Waals surface area contributed by atoms with E-state index in [1.54, 1.807) is 0 Å². The summed E-state index contributed by atoms with van der Waals surface area (Å²) in [4.78, 5) is 38.7. The average Bonchev–Trinajstić information content (AvgIpc) is 2.78. The Kier molecular flexibility index (Phi) is 7.36. The molecule has 1 aliphatic heterocycles. The molecule has 0 radical (unpaired) electrons.